The quantitative estimate of drug-likeness (QED) is 0.262. The van der Waals surface area contributed by atoms with Crippen molar-refractivity contribution in [3.8, 4) is 0 Å². The average Bonchev–Trinajstić information content (AvgIpc) is 2.05. The number of hydrazone groups is 1. The van der Waals surface area contributed by atoms with Crippen LogP contribution in [-0.2, 0) is 0 Å². The van der Waals surface area contributed by atoms with E-state index in [-0.39, 0.29) is 0 Å². The molecule has 64 valence electrons. The third kappa shape index (κ3) is 5.58. The maximum Gasteiger partial charge on any atom is 0.0775 e. The molecule has 0 heterocycles. The number of nitrogens with one attached hydrogen (secondary N) is 1. The lowest BCUT2D eigenvalue weighted by Gasteiger charge is -1.97. The SMILES string of the molecule is CCCCCC/C(C=N)=N/N. The van der Waals surface area contributed by atoms with Crippen molar-refractivity contribution in [1.29, 1.82) is 5.41 Å². The van der Waals surface area contributed by atoms with E-state index in [1.165, 1.54) is 25.5 Å². The van der Waals surface area contributed by atoms with Crippen LogP contribution in [0.4, 0.5) is 0 Å². The van der Waals surface area contributed by atoms with Crippen molar-refractivity contribution < 1.29 is 0 Å². The Bertz CT molecular complexity index is 129. The minimum atomic E-state index is 0.695. The molecule has 0 aromatic heterocycles. The molecule has 0 radical (unpaired) electrons. The lowest BCUT2D eigenvalue weighted by molar-refractivity contribution is 0.683. The monoisotopic (exact) mass is 155 g/mol. The van der Waals surface area contributed by atoms with Crippen molar-refractivity contribution in [2.24, 2.45) is 10.9 Å². The highest BCUT2D eigenvalue weighted by Gasteiger charge is 1.93. The van der Waals surface area contributed by atoms with E-state index >= 15 is 0 Å². The van der Waals surface area contributed by atoms with Crippen LogP contribution in [0.3, 0.4) is 0 Å². The summed E-state index contributed by atoms with van der Waals surface area (Å²) in [7, 11) is 0. The van der Waals surface area contributed by atoms with E-state index in [9.17, 15) is 0 Å². The van der Waals surface area contributed by atoms with Gasteiger partial charge in [-0.1, -0.05) is 26.2 Å². The zero-order chi connectivity index (χ0) is 8.53. The molecule has 0 spiro atoms. The van der Waals surface area contributed by atoms with Gasteiger partial charge in [0.2, 0.25) is 0 Å². The molecule has 3 N–H and O–H groups in total. The summed E-state index contributed by atoms with van der Waals surface area (Å²) in [6.45, 7) is 2.18. The van der Waals surface area contributed by atoms with Crippen molar-refractivity contribution in [3.63, 3.8) is 0 Å². The molecule has 0 rings (SSSR count). The number of hydrogen-bond acceptors (Lipinski definition) is 3. The van der Waals surface area contributed by atoms with Crippen LogP contribution in [0.2, 0.25) is 0 Å². The van der Waals surface area contributed by atoms with Gasteiger partial charge >= 0.3 is 0 Å². The van der Waals surface area contributed by atoms with Crippen LogP contribution >= 0.6 is 0 Å². The first kappa shape index (κ1) is 10.1. The van der Waals surface area contributed by atoms with Crippen LogP contribution in [0, 0.1) is 5.41 Å². The fourth-order valence-corrected chi connectivity index (χ4v) is 0.907. The molecule has 0 atom stereocenters. The standard InChI is InChI=1S/C8H17N3/c1-2-3-4-5-6-8(7-9)11-10/h7,9H,2-6,10H2,1H3/b9-7?,11-8-. The van der Waals surface area contributed by atoms with E-state index in [4.69, 9.17) is 11.3 Å². The Morgan fingerprint density at radius 2 is 2.18 bits per heavy atom. The molecule has 0 fully saturated rings. The third-order valence-electron chi connectivity index (χ3n) is 1.62. The van der Waals surface area contributed by atoms with E-state index < -0.39 is 0 Å². The highest BCUT2D eigenvalue weighted by atomic mass is 15.1. The second kappa shape index (κ2) is 7.25. The largest absolute Gasteiger partial charge is 0.323 e. The second-order valence-corrected chi connectivity index (χ2v) is 2.58. The Hall–Kier alpha value is -0.860. The van der Waals surface area contributed by atoms with E-state index in [0.717, 1.165) is 12.8 Å². The summed E-state index contributed by atoms with van der Waals surface area (Å²) < 4.78 is 0. The molecule has 3 heteroatoms. The molecule has 0 bridgehead atoms. The first-order valence-electron chi connectivity index (χ1n) is 4.12. The van der Waals surface area contributed by atoms with Gasteiger partial charge in [-0.2, -0.15) is 5.10 Å². The smallest absolute Gasteiger partial charge is 0.0775 e. The molecule has 0 amide bonds. The number of nitrogens with two attached hydrogens (primary N) is 1. The molecule has 0 saturated carbocycles. The predicted molar refractivity (Wildman–Crippen MR) is 49.2 cm³/mol. The van der Waals surface area contributed by atoms with Crippen LogP contribution in [0.25, 0.3) is 0 Å². The zero-order valence-corrected chi connectivity index (χ0v) is 7.14. The van der Waals surface area contributed by atoms with Gasteiger partial charge in [0.15, 0.2) is 0 Å². The van der Waals surface area contributed by atoms with Gasteiger partial charge in [0.05, 0.1) is 5.71 Å². The molecular formula is C8H17N3. The molecule has 0 saturated heterocycles. The summed E-state index contributed by atoms with van der Waals surface area (Å²) in [6.07, 6.45) is 6.88. The Morgan fingerprint density at radius 1 is 1.45 bits per heavy atom. The predicted octanol–water partition coefficient (Wildman–Crippen LogP) is 1.92. The van der Waals surface area contributed by atoms with Crippen molar-refractivity contribution in [2.75, 3.05) is 0 Å². The minimum Gasteiger partial charge on any atom is -0.323 e. The molecular weight excluding hydrogens is 138 g/mol. The Kier molecular flexibility index (Phi) is 6.68. The lowest BCUT2D eigenvalue weighted by atomic mass is 10.1. The number of unbranched alkanes of at least 4 members (excludes halogenated alkanes) is 3. The molecule has 0 aromatic rings. The molecule has 3 nitrogen and oxygen atoms in total. The summed E-state index contributed by atoms with van der Waals surface area (Å²) in [5.41, 5.74) is 0.695. The van der Waals surface area contributed by atoms with Crippen LogP contribution in [0.15, 0.2) is 5.10 Å². The second-order valence-electron chi connectivity index (χ2n) is 2.58. The van der Waals surface area contributed by atoms with Crippen molar-refractivity contribution in [1.82, 2.24) is 0 Å². The van der Waals surface area contributed by atoms with E-state index in [1.807, 2.05) is 0 Å². The molecule has 0 aromatic carbocycles. The van der Waals surface area contributed by atoms with Gasteiger partial charge in [-0.3, -0.25) is 0 Å². The maximum absolute atomic E-state index is 6.90. The van der Waals surface area contributed by atoms with Gasteiger partial charge in [0.25, 0.3) is 0 Å². The molecule has 11 heavy (non-hydrogen) atoms. The maximum atomic E-state index is 6.90. The molecule has 0 unspecified atom stereocenters. The number of rotatable bonds is 6. The van der Waals surface area contributed by atoms with Gasteiger partial charge in [0.1, 0.15) is 0 Å². The zero-order valence-electron chi connectivity index (χ0n) is 7.14. The fraction of sp³-hybridized carbons (Fsp3) is 0.750. The Labute approximate surface area is 68.2 Å². The van der Waals surface area contributed by atoms with E-state index in [0.29, 0.717) is 5.71 Å². The highest BCUT2D eigenvalue weighted by molar-refractivity contribution is 6.29. The van der Waals surface area contributed by atoms with Crippen molar-refractivity contribution >= 4 is 11.9 Å². The minimum absolute atomic E-state index is 0.695. The van der Waals surface area contributed by atoms with Crippen molar-refractivity contribution in [3.05, 3.63) is 0 Å². The first-order chi connectivity index (χ1) is 5.35. The van der Waals surface area contributed by atoms with Gasteiger partial charge in [0, 0.05) is 6.21 Å². The van der Waals surface area contributed by atoms with Crippen LogP contribution < -0.4 is 5.84 Å². The molecule has 0 aliphatic carbocycles. The Balaban J connectivity index is 3.29. The van der Waals surface area contributed by atoms with Crippen LogP contribution in [0.5, 0.6) is 0 Å². The van der Waals surface area contributed by atoms with Gasteiger partial charge in [-0.05, 0) is 12.8 Å². The summed E-state index contributed by atoms with van der Waals surface area (Å²) >= 11 is 0. The first-order valence-corrected chi connectivity index (χ1v) is 4.12. The summed E-state index contributed by atoms with van der Waals surface area (Å²) in [5.74, 6) is 5.03. The number of hydrogen-bond donors (Lipinski definition) is 2. The third-order valence-corrected chi connectivity index (χ3v) is 1.62. The summed E-state index contributed by atoms with van der Waals surface area (Å²) in [4.78, 5) is 0. The summed E-state index contributed by atoms with van der Waals surface area (Å²) in [5, 5.41) is 10.4. The van der Waals surface area contributed by atoms with Crippen LogP contribution in [-0.4, -0.2) is 11.9 Å². The van der Waals surface area contributed by atoms with E-state index in [1.54, 1.807) is 0 Å². The average molecular weight is 155 g/mol. The lowest BCUT2D eigenvalue weighted by Crippen LogP contribution is -2.02. The summed E-state index contributed by atoms with van der Waals surface area (Å²) in [6, 6.07) is 0. The van der Waals surface area contributed by atoms with Gasteiger partial charge < -0.3 is 11.3 Å². The van der Waals surface area contributed by atoms with Gasteiger partial charge in [-0.25, -0.2) is 0 Å². The molecule has 0 aliphatic heterocycles. The normalized spacial score (nSPS) is 11.5. The number of nitrogens with zero attached hydrogens (tertiary/aromatic N) is 1. The van der Waals surface area contributed by atoms with E-state index in [2.05, 4.69) is 12.0 Å². The van der Waals surface area contributed by atoms with Crippen molar-refractivity contribution in [2.45, 2.75) is 39.0 Å². The topological polar surface area (TPSA) is 62.2 Å². The Morgan fingerprint density at radius 3 is 2.64 bits per heavy atom. The molecule has 0 aliphatic rings. The fourth-order valence-electron chi connectivity index (χ4n) is 0.907. The van der Waals surface area contributed by atoms with Gasteiger partial charge in [-0.15, -0.1) is 0 Å². The highest BCUT2D eigenvalue weighted by Crippen LogP contribution is 2.02. The van der Waals surface area contributed by atoms with Crippen LogP contribution in [0.1, 0.15) is 39.0 Å².